The van der Waals surface area contributed by atoms with Crippen molar-refractivity contribution < 1.29 is 9.66 Å². The highest BCUT2D eigenvalue weighted by atomic mass is 16.6. The third-order valence-corrected chi connectivity index (χ3v) is 3.52. The minimum Gasteiger partial charge on any atom is -0.484 e. The molecule has 1 aromatic rings. The number of nitrogens with one attached hydrogen (secondary N) is 1. The highest BCUT2D eigenvalue weighted by Crippen LogP contribution is 2.36. The van der Waals surface area contributed by atoms with Crippen molar-refractivity contribution in [2.75, 3.05) is 11.9 Å². The van der Waals surface area contributed by atoms with E-state index in [1.807, 2.05) is 13.8 Å². The lowest BCUT2D eigenvalue weighted by atomic mass is 9.78. The van der Waals surface area contributed by atoms with Crippen LogP contribution in [0, 0.1) is 10.1 Å². The summed E-state index contributed by atoms with van der Waals surface area (Å²) >= 11 is 0. The van der Waals surface area contributed by atoms with E-state index in [-0.39, 0.29) is 23.1 Å². The van der Waals surface area contributed by atoms with E-state index in [0.29, 0.717) is 12.2 Å². The van der Waals surface area contributed by atoms with Crippen LogP contribution in [0.3, 0.4) is 0 Å². The fraction of sp³-hybridized carbons (Fsp3) is 0.571. The molecule has 6 nitrogen and oxygen atoms in total. The second kappa shape index (κ2) is 5.66. The van der Waals surface area contributed by atoms with Gasteiger partial charge in [0.2, 0.25) is 0 Å². The molecule has 2 rings (SSSR count). The number of nitrogens with zero attached hydrogens (tertiary/aromatic N) is 1. The standard InChI is InChI=1S/C14H21N3O3/c1-10(2)20-12-6-3-5-11(13(12)17(18)19)16-9-14(15)7-4-8-14/h3,5-6,10,16H,4,7-9,15H2,1-2H3. The highest BCUT2D eigenvalue weighted by molar-refractivity contribution is 5.68. The largest absolute Gasteiger partial charge is 0.484 e. The molecule has 6 heteroatoms. The smallest absolute Gasteiger partial charge is 0.333 e. The van der Waals surface area contributed by atoms with Crippen LogP contribution in [0.5, 0.6) is 5.75 Å². The number of anilines is 1. The molecule has 0 unspecified atom stereocenters. The molecule has 0 bridgehead atoms. The molecule has 1 aromatic carbocycles. The van der Waals surface area contributed by atoms with Gasteiger partial charge in [0, 0.05) is 12.1 Å². The lowest BCUT2D eigenvalue weighted by Crippen LogP contribution is -2.52. The SMILES string of the molecule is CC(C)Oc1cccc(NCC2(N)CCC2)c1[N+](=O)[O-]. The van der Waals surface area contributed by atoms with Crippen LogP contribution in [-0.4, -0.2) is 23.1 Å². The first-order valence-electron chi connectivity index (χ1n) is 6.88. The zero-order valence-corrected chi connectivity index (χ0v) is 11.9. The highest BCUT2D eigenvalue weighted by Gasteiger charge is 2.33. The summed E-state index contributed by atoms with van der Waals surface area (Å²) in [4.78, 5) is 10.9. The van der Waals surface area contributed by atoms with Crippen molar-refractivity contribution in [2.45, 2.75) is 44.8 Å². The summed E-state index contributed by atoms with van der Waals surface area (Å²) in [6, 6.07) is 5.05. The van der Waals surface area contributed by atoms with E-state index in [0.717, 1.165) is 19.3 Å². The van der Waals surface area contributed by atoms with Crippen molar-refractivity contribution in [3.63, 3.8) is 0 Å². The molecule has 0 aliphatic heterocycles. The van der Waals surface area contributed by atoms with Crippen LogP contribution in [-0.2, 0) is 0 Å². The van der Waals surface area contributed by atoms with Gasteiger partial charge in [0.25, 0.3) is 0 Å². The van der Waals surface area contributed by atoms with Crippen molar-refractivity contribution >= 4 is 11.4 Å². The predicted octanol–water partition coefficient (Wildman–Crippen LogP) is 2.68. The van der Waals surface area contributed by atoms with Crippen LogP contribution in [0.15, 0.2) is 18.2 Å². The van der Waals surface area contributed by atoms with Gasteiger partial charge in [-0.15, -0.1) is 0 Å². The van der Waals surface area contributed by atoms with E-state index in [1.165, 1.54) is 0 Å². The molecule has 1 aliphatic rings. The normalized spacial score (nSPS) is 16.6. The summed E-state index contributed by atoms with van der Waals surface area (Å²) in [5, 5.41) is 14.4. The average Bonchev–Trinajstić information content (AvgIpc) is 2.33. The average molecular weight is 279 g/mol. The summed E-state index contributed by atoms with van der Waals surface area (Å²) < 4.78 is 5.51. The Labute approximate surface area is 118 Å². The number of para-hydroxylation sites is 1. The van der Waals surface area contributed by atoms with Gasteiger partial charge in [0.15, 0.2) is 5.75 Å². The Kier molecular flexibility index (Phi) is 4.13. The van der Waals surface area contributed by atoms with E-state index in [4.69, 9.17) is 10.5 Å². The third kappa shape index (κ3) is 3.19. The number of nitrogens with two attached hydrogens (primary N) is 1. The van der Waals surface area contributed by atoms with Gasteiger partial charge in [-0.3, -0.25) is 10.1 Å². The van der Waals surface area contributed by atoms with Crippen LogP contribution < -0.4 is 15.8 Å². The molecule has 20 heavy (non-hydrogen) atoms. The van der Waals surface area contributed by atoms with Crippen LogP contribution in [0.2, 0.25) is 0 Å². The minimum absolute atomic E-state index is 0.0240. The van der Waals surface area contributed by atoms with Gasteiger partial charge in [-0.25, -0.2) is 0 Å². The van der Waals surface area contributed by atoms with E-state index < -0.39 is 4.92 Å². The van der Waals surface area contributed by atoms with Gasteiger partial charge in [-0.2, -0.15) is 0 Å². The molecule has 3 N–H and O–H groups in total. The number of ether oxygens (including phenoxy) is 1. The second-order valence-corrected chi connectivity index (χ2v) is 5.65. The van der Waals surface area contributed by atoms with Gasteiger partial charge < -0.3 is 15.8 Å². The van der Waals surface area contributed by atoms with E-state index >= 15 is 0 Å². The molecular weight excluding hydrogens is 258 g/mol. The number of rotatable bonds is 6. The van der Waals surface area contributed by atoms with Crippen molar-refractivity contribution in [2.24, 2.45) is 5.73 Å². The van der Waals surface area contributed by atoms with Crippen LogP contribution in [0.1, 0.15) is 33.1 Å². The lowest BCUT2D eigenvalue weighted by Gasteiger charge is -2.38. The van der Waals surface area contributed by atoms with Crippen LogP contribution in [0.25, 0.3) is 0 Å². The maximum absolute atomic E-state index is 11.3. The number of benzene rings is 1. The van der Waals surface area contributed by atoms with Crippen molar-refractivity contribution in [3.05, 3.63) is 28.3 Å². The number of hydrogen-bond donors (Lipinski definition) is 2. The monoisotopic (exact) mass is 279 g/mol. The van der Waals surface area contributed by atoms with Crippen molar-refractivity contribution in [1.82, 2.24) is 0 Å². The molecule has 0 atom stereocenters. The van der Waals surface area contributed by atoms with Crippen molar-refractivity contribution in [1.29, 1.82) is 0 Å². The van der Waals surface area contributed by atoms with Gasteiger partial charge >= 0.3 is 5.69 Å². The maximum Gasteiger partial charge on any atom is 0.333 e. The summed E-state index contributed by atoms with van der Waals surface area (Å²) in [5.74, 6) is 0.287. The van der Waals surface area contributed by atoms with Crippen molar-refractivity contribution in [3.8, 4) is 5.75 Å². The molecule has 110 valence electrons. The molecule has 0 radical (unpaired) electrons. The first kappa shape index (κ1) is 14.6. The number of nitro groups is 1. The molecule has 1 fully saturated rings. The number of nitro benzene ring substituents is 1. The van der Waals surface area contributed by atoms with Crippen LogP contribution >= 0.6 is 0 Å². The number of hydrogen-bond acceptors (Lipinski definition) is 5. The Hall–Kier alpha value is -1.82. The maximum atomic E-state index is 11.3. The summed E-state index contributed by atoms with van der Waals surface area (Å²) in [6.07, 6.45) is 2.92. The summed E-state index contributed by atoms with van der Waals surface area (Å²) in [6.45, 7) is 4.22. The van der Waals surface area contributed by atoms with Crippen LogP contribution in [0.4, 0.5) is 11.4 Å². The molecule has 1 saturated carbocycles. The molecule has 0 aromatic heterocycles. The first-order valence-corrected chi connectivity index (χ1v) is 6.88. The van der Waals surface area contributed by atoms with Gasteiger partial charge in [-0.1, -0.05) is 6.07 Å². The molecule has 0 heterocycles. The summed E-state index contributed by atoms with van der Waals surface area (Å²) in [5.41, 5.74) is 6.34. The van der Waals surface area contributed by atoms with Gasteiger partial charge in [-0.05, 0) is 45.2 Å². The van der Waals surface area contributed by atoms with E-state index in [1.54, 1.807) is 18.2 Å². The van der Waals surface area contributed by atoms with E-state index in [9.17, 15) is 10.1 Å². The first-order chi connectivity index (χ1) is 9.41. The molecule has 0 spiro atoms. The molecular formula is C14H21N3O3. The molecule has 1 aliphatic carbocycles. The second-order valence-electron chi connectivity index (χ2n) is 5.65. The Bertz CT molecular complexity index is 498. The van der Waals surface area contributed by atoms with E-state index in [2.05, 4.69) is 5.32 Å². The Morgan fingerprint density at radius 1 is 1.50 bits per heavy atom. The van der Waals surface area contributed by atoms with Gasteiger partial charge in [0.1, 0.15) is 5.69 Å². The third-order valence-electron chi connectivity index (χ3n) is 3.52. The zero-order chi connectivity index (χ0) is 14.8. The topological polar surface area (TPSA) is 90.4 Å². The lowest BCUT2D eigenvalue weighted by molar-refractivity contribution is -0.385. The molecule has 0 saturated heterocycles. The Morgan fingerprint density at radius 3 is 2.70 bits per heavy atom. The Morgan fingerprint density at radius 2 is 2.20 bits per heavy atom. The fourth-order valence-electron chi connectivity index (χ4n) is 2.28. The summed E-state index contributed by atoms with van der Waals surface area (Å²) in [7, 11) is 0. The molecule has 0 amide bonds. The quantitative estimate of drug-likeness (QED) is 0.617. The van der Waals surface area contributed by atoms with Gasteiger partial charge in [0.05, 0.1) is 11.0 Å². The fourth-order valence-corrected chi connectivity index (χ4v) is 2.28. The zero-order valence-electron chi connectivity index (χ0n) is 11.9. The Balaban J connectivity index is 2.20. The predicted molar refractivity (Wildman–Crippen MR) is 78.1 cm³/mol. The minimum atomic E-state index is -0.413.